The average Bonchev–Trinajstić information content (AvgIpc) is 2.20. The van der Waals surface area contributed by atoms with E-state index in [1.54, 1.807) is 6.07 Å². The molecule has 1 aromatic rings. The number of nitro benzene ring substituents is 1. The van der Waals surface area contributed by atoms with Crippen molar-refractivity contribution in [2.75, 3.05) is 12.3 Å². The highest BCUT2D eigenvalue weighted by Crippen LogP contribution is 2.28. The van der Waals surface area contributed by atoms with Crippen molar-refractivity contribution in [1.82, 2.24) is 0 Å². The Morgan fingerprint density at radius 3 is 2.87 bits per heavy atom. The van der Waals surface area contributed by atoms with E-state index in [9.17, 15) is 10.1 Å². The van der Waals surface area contributed by atoms with Gasteiger partial charge in [-0.05, 0) is 18.6 Å². The smallest absolute Gasteiger partial charge is 0.312 e. The second kappa shape index (κ2) is 5.19. The molecule has 15 heavy (non-hydrogen) atoms. The summed E-state index contributed by atoms with van der Waals surface area (Å²) in [5, 5.41) is 10.7. The predicted molar refractivity (Wildman–Crippen MR) is 57.9 cm³/mol. The van der Waals surface area contributed by atoms with E-state index < -0.39 is 4.92 Å². The van der Waals surface area contributed by atoms with Crippen LogP contribution < -0.4 is 10.5 Å². The molecule has 0 atom stereocenters. The number of nitrogens with zero attached hydrogens (tertiary/aromatic N) is 1. The summed E-state index contributed by atoms with van der Waals surface area (Å²) in [6, 6.07) is 4.43. The molecule has 0 heterocycles. The lowest BCUT2D eigenvalue weighted by molar-refractivity contribution is -0.385. The average molecular weight is 210 g/mol. The third-order valence-corrected chi connectivity index (χ3v) is 1.94. The third kappa shape index (κ3) is 3.12. The van der Waals surface area contributed by atoms with Crippen LogP contribution >= 0.6 is 0 Å². The number of nitrogens with two attached hydrogens (primary N) is 1. The number of unbranched alkanes of at least 4 members (excludes halogenated alkanes) is 1. The van der Waals surface area contributed by atoms with E-state index in [2.05, 4.69) is 0 Å². The van der Waals surface area contributed by atoms with Crippen molar-refractivity contribution in [3.8, 4) is 5.75 Å². The van der Waals surface area contributed by atoms with Crippen LogP contribution in [0.25, 0.3) is 0 Å². The molecule has 0 bridgehead atoms. The number of hydrogen-bond donors (Lipinski definition) is 1. The molecular weight excluding hydrogens is 196 g/mol. The van der Waals surface area contributed by atoms with Crippen molar-refractivity contribution >= 4 is 11.4 Å². The number of hydrogen-bond acceptors (Lipinski definition) is 4. The summed E-state index contributed by atoms with van der Waals surface area (Å²) < 4.78 is 5.30. The number of benzene rings is 1. The minimum Gasteiger partial charge on any atom is -0.487 e. The molecule has 0 radical (unpaired) electrons. The first-order valence-corrected chi connectivity index (χ1v) is 4.82. The zero-order valence-electron chi connectivity index (χ0n) is 8.60. The largest absolute Gasteiger partial charge is 0.487 e. The minimum absolute atomic E-state index is 0.0777. The second-order valence-electron chi connectivity index (χ2n) is 3.19. The van der Waals surface area contributed by atoms with Crippen LogP contribution in [0.2, 0.25) is 0 Å². The zero-order valence-corrected chi connectivity index (χ0v) is 8.60. The first-order valence-electron chi connectivity index (χ1n) is 4.82. The van der Waals surface area contributed by atoms with E-state index in [0.717, 1.165) is 12.8 Å². The van der Waals surface area contributed by atoms with Gasteiger partial charge < -0.3 is 10.5 Å². The number of anilines is 1. The van der Waals surface area contributed by atoms with Crippen molar-refractivity contribution in [3.05, 3.63) is 28.3 Å². The van der Waals surface area contributed by atoms with Gasteiger partial charge in [0.05, 0.1) is 11.5 Å². The van der Waals surface area contributed by atoms with E-state index in [0.29, 0.717) is 12.3 Å². The Hall–Kier alpha value is -1.78. The lowest BCUT2D eigenvalue weighted by atomic mass is 10.2. The molecule has 2 N–H and O–H groups in total. The molecule has 5 heteroatoms. The van der Waals surface area contributed by atoms with Gasteiger partial charge in [-0.3, -0.25) is 10.1 Å². The zero-order chi connectivity index (χ0) is 11.3. The normalized spacial score (nSPS) is 9.93. The fourth-order valence-corrected chi connectivity index (χ4v) is 1.13. The van der Waals surface area contributed by atoms with Gasteiger partial charge in [-0.2, -0.15) is 0 Å². The molecular formula is C10H14N2O3. The van der Waals surface area contributed by atoms with Gasteiger partial charge in [0.1, 0.15) is 0 Å². The Morgan fingerprint density at radius 2 is 2.27 bits per heavy atom. The van der Waals surface area contributed by atoms with Crippen LogP contribution in [0.1, 0.15) is 19.8 Å². The summed E-state index contributed by atoms with van der Waals surface area (Å²) in [6.07, 6.45) is 1.87. The van der Waals surface area contributed by atoms with Crippen LogP contribution in [0.5, 0.6) is 5.75 Å². The van der Waals surface area contributed by atoms with Gasteiger partial charge in [-0.1, -0.05) is 13.3 Å². The molecule has 0 fully saturated rings. The highest BCUT2D eigenvalue weighted by atomic mass is 16.6. The number of rotatable bonds is 5. The second-order valence-corrected chi connectivity index (χ2v) is 3.19. The molecule has 0 aliphatic heterocycles. The van der Waals surface area contributed by atoms with Crippen LogP contribution in [0.3, 0.4) is 0 Å². The van der Waals surface area contributed by atoms with Gasteiger partial charge in [0.15, 0.2) is 5.75 Å². The predicted octanol–water partition coefficient (Wildman–Crippen LogP) is 2.36. The molecule has 0 amide bonds. The van der Waals surface area contributed by atoms with E-state index >= 15 is 0 Å². The molecule has 1 aromatic carbocycles. The maximum Gasteiger partial charge on any atom is 0.312 e. The summed E-state index contributed by atoms with van der Waals surface area (Å²) in [5.41, 5.74) is 5.75. The van der Waals surface area contributed by atoms with Crippen LogP contribution in [0.4, 0.5) is 11.4 Å². The molecule has 0 unspecified atom stereocenters. The van der Waals surface area contributed by atoms with Crippen LogP contribution in [-0.2, 0) is 0 Å². The summed E-state index contributed by atoms with van der Waals surface area (Å²) in [4.78, 5) is 10.2. The molecule has 0 spiro atoms. The van der Waals surface area contributed by atoms with Gasteiger partial charge in [0.25, 0.3) is 0 Å². The van der Waals surface area contributed by atoms with Gasteiger partial charge in [0, 0.05) is 11.8 Å². The van der Waals surface area contributed by atoms with Crippen LogP contribution in [-0.4, -0.2) is 11.5 Å². The molecule has 0 aromatic heterocycles. The molecule has 0 aliphatic carbocycles. The van der Waals surface area contributed by atoms with E-state index in [-0.39, 0.29) is 11.4 Å². The van der Waals surface area contributed by atoms with Crippen LogP contribution in [0.15, 0.2) is 18.2 Å². The lowest BCUT2D eigenvalue weighted by Gasteiger charge is -2.06. The van der Waals surface area contributed by atoms with Crippen molar-refractivity contribution in [3.63, 3.8) is 0 Å². The molecule has 0 saturated carbocycles. The molecule has 0 aliphatic rings. The van der Waals surface area contributed by atoms with E-state index in [1.807, 2.05) is 6.92 Å². The highest BCUT2D eigenvalue weighted by Gasteiger charge is 2.14. The summed E-state index contributed by atoms with van der Waals surface area (Å²) >= 11 is 0. The maximum atomic E-state index is 10.7. The Kier molecular flexibility index (Phi) is 3.91. The fraction of sp³-hybridized carbons (Fsp3) is 0.400. The maximum absolute atomic E-state index is 10.7. The summed E-state index contributed by atoms with van der Waals surface area (Å²) in [6.45, 7) is 2.52. The van der Waals surface area contributed by atoms with E-state index in [1.165, 1.54) is 12.1 Å². The number of nitro groups is 1. The Bertz CT molecular complexity index is 353. The highest BCUT2D eigenvalue weighted by molar-refractivity contribution is 5.56. The SMILES string of the molecule is CCCCOc1ccc(N)cc1[N+](=O)[O-]. The number of ether oxygens (including phenoxy) is 1. The van der Waals surface area contributed by atoms with Gasteiger partial charge >= 0.3 is 5.69 Å². The Morgan fingerprint density at radius 1 is 1.53 bits per heavy atom. The van der Waals surface area contributed by atoms with E-state index in [4.69, 9.17) is 10.5 Å². The Balaban J connectivity index is 2.81. The molecule has 1 rings (SSSR count). The van der Waals surface area contributed by atoms with Gasteiger partial charge in [0.2, 0.25) is 0 Å². The topological polar surface area (TPSA) is 78.4 Å². The first kappa shape index (κ1) is 11.3. The van der Waals surface area contributed by atoms with Crippen LogP contribution in [0, 0.1) is 10.1 Å². The minimum atomic E-state index is -0.488. The fourth-order valence-electron chi connectivity index (χ4n) is 1.13. The van der Waals surface area contributed by atoms with Crippen molar-refractivity contribution < 1.29 is 9.66 Å². The third-order valence-electron chi connectivity index (χ3n) is 1.94. The lowest BCUT2D eigenvalue weighted by Crippen LogP contribution is -2.00. The summed E-state index contributed by atoms with van der Waals surface area (Å²) in [7, 11) is 0. The monoisotopic (exact) mass is 210 g/mol. The van der Waals surface area contributed by atoms with Crippen molar-refractivity contribution in [2.45, 2.75) is 19.8 Å². The molecule has 82 valence electrons. The van der Waals surface area contributed by atoms with Gasteiger partial charge in [-0.25, -0.2) is 0 Å². The first-order chi connectivity index (χ1) is 7.15. The standard InChI is InChI=1S/C10H14N2O3/c1-2-3-6-15-10-5-4-8(11)7-9(10)12(13)14/h4-5,7H,2-3,6,11H2,1H3. The van der Waals surface area contributed by atoms with Crippen molar-refractivity contribution in [1.29, 1.82) is 0 Å². The number of nitrogen functional groups attached to an aromatic ring is 1. The molecule has 0 saturated heterocycles. The Labute approximate surface area is 88.0 Å². The quantitative estimate of drug-likeness (QED) is 0.350. The molecule has 5 nitrogen and oxygen atoms in total. The summed E-state index contributed by atoms with van der Waals surface area (Å²) in [5.74, 6) is 0.280. The van der Waals surface area contributed by atoms with Crippen molar-refractivity contribution in [2.24, 2.45) is 0 Å². The van der Waals surface area contributed by atoms with Gasteiger partial charge in [-0.15, -0.1) is 0 Å².